The molecule has 0 unspecified atom stereocenters. The van der Waals surface area contributed by atoms with Crippen molar-refractivity contribution in [3.63, 3.8) is 0 Å². The van der Waals surface area contributed by atoms with Crippen LogP contribution in [0.15, 0.2) is 11.6 Å². The second-order valence-electron chi connectivity index (χ2n) is 2.90. The molecule has 1 heterocycles. The van der Waals surface area contributed by atoms with Gasteiger partial charge in [0.1, 0.15) is 5.01 Å². The van der Waals surface area contributed by atoms with Gasteiger partial charge >= 0.3 is 0 Å². The zero-order chi connectivity index (χ0) is 10.9. The molecule has 0 saturated carbocycles. The van der Waals surface area contributed by atoms with E-state index in [2.05, 4.69) is 10.3 Å². The Labute approximate surface area is 94.6 Å². The summed E-state index contributed by atoms with van der Waals surface area (Å²) in [5.41, 5.74) is 0. The number of hydrogen-bond acceptors (Lipinski definition) is 5. The van der Waals surface area contributed by atoms with Crippen LogP contribution in [0.25, 0.3) is 0 Å². The van der Waals surface area contributed by atoms with Gasteiger partial charge in [0.05, 0.1) is 0 Å². The number of rotatable bonds is 8. The van der Waals surface area contributed by atoms with Crippen LogP contribution in [0, 0.1) is 0 Å². The number of nitrogens with one attached hydrogen (secondary N) is 1. The third kappa shape index (κ3) is 5.22. The van der Waals surface area contributed by atoms with Crippen molar-refractivity contribution in [1.29, 1.82) is 0 Å². The summed E-state index contributed by atoms with van der Waals surface area (Å²) >= 11 is 1.65. The van der Waals surface area contributed by atoms with Gasteiger partial charge in [0.15, 0.2) is 6.29 Å². The maximum atomic E-state index is 5.40. The summed E-state index contributed by atoms with van der Waals surface area (Å²) in [5, 5.41) is 6.31. The van der Waals surface area contributed by atoms with Gasteiger partial charge in [-0.2, -0.15) is 0 Å². The molecular formula is C10H18N2O2S. The van der Waals surface area contributed by atoms with E-state index in [9.17, 15) is 0 Å². The molecule has 5 heteroatoms. The minimum atomic E-state index is -0.153. The second-order valence-corrected chi connectivity index (χ2v) is 3.88. The van der Waals surface area contributed by atoms with Crippen molar-refractivity contribution in [2.75, 3.05) is 19.8 Å². The molecule has 0 spiro atoms. The lowest BCUT2D eigenvalue weighted by Gasteiger charge is -2.16. The van der Waals surface area contributed by atoms with Gasteiger partial charge in [0, 0.05) is 37.9 Å². The Hall–Kier alpha value is -0.490. The molecule has 0 bridgehead atoms. The van der Waals surface area contributed by atoms with Crippen molar-refractivity contribution < 1.29 is 9.47 Å². The van der Waals surface area contributed by atoms with Crippen molar-refractivity contribution >= 4 is 11.3 Å². The third-order valence-electron chi connectivity index (χ3n) is 1.78. The van der Waals surface area contributed by atoms with Gasteiger partial charge < -0.3 is 14.8 Å². The maximum absolute atomic E-state index is 5.40. The van der Waals surface area contributed by atoms with Gasteiger partial charge in [-0.1, -0.05) is 0 Å². The fraction of sp³-hybridized carbons (Fsp3) is 0.700. The molecule has 0 aliphatic carbocycles. The Morgan fingerprint density at radius 1 is 1.40 bits per heavy atom. The highest BCUT2D eigenvalue weighted by Gasteiger charge is 2.06. The van der Waals surface area contributed by atoms with E-state index in [-0.39, 0.29) is 6.29 Å². The molecule has 0 aliphatic heterocycles. The van der Waals surface area contributed by atoms with Crippen molar-refractivity contribution in [1.82, 2.24) is 10.3 Å². The van der Waals surface area contributed by atoms with Crippen LogP contribution in [0.1, 0.15) is 18.9 Å². The van der Waals surface area contributed by atoms with Gasteiger partial charge in [-0.05, 0) is 13.8 Å². The number of hydrogen-bond donors (Lipinski definition) is 1. The van der Waals surface area contributed by atoms with E-state index >= 15 is 0 Å². The topological polar surface area (TPSA) is 43.4 Å². The Morgan fingerprint density at radius 3 is 2.67 bits per heavy atom. The maximum Gasteiger partial charge on any atom is 0.169 e. The number of ether oxygens (including phenoxy) is 2. The zero-order valence-corrected chi connectivity index (χ0v) is 10.0. The molecule has 86 valence electrons. The molecule has 1 aromatic heterocycles. The van der Waals surface area contributed by atoms with E-state index in [1.54, 1.807) is 11.3 Å². The first-order valence-corrected chi connectivity index (χ1v) is 6.07. The van der Waals surface area contributed by atoms with Crippen molar-refractivity contribution in [3.05, 3.63) is 16.6 Å². The molecule has 0 fully saturated rings. The minimum absolute atomic E-state index is 0.153. The van der Waals surface area contributed by atoms with E-state index < -0.39 is 0 Å². The number of thiazole rings is 1. The summed E-state index contributed by atoms with van der Waals surface area (Å²) in [5.74, 6) is 0. The lowest BCUT2D eigenvalue weighted by atomic mass is 10.5. The molecule has 1 N–H and O–H groups in total. The number of nitrogens with zero attached hydrogens (tertiary/aromatic N) is 1. The lowest BCUT2D eigenvalue weighted by molar-refractivity contribution is -0.133. The highest BCUT2D eigenvalue weighted by Crippen LogP contribution is 2.03. The molecular weight excluding hydrogens is 212 g/mol. The smallest absolute Gasteiger partial charge is 0.169 e. The van der Waals surface area contributed by atoms with Crippen molar-refractivity contribution in [2.45, 2.75) is 26.7 Å². The molecule has 4 nitrogen and oxygen atoms in total. The Kier molecular flexibility index (Phi) is 6.50. The van der Waals surface area contributed by atoms with Crippen molar-refractivity contribution in [3.8, 4) is 0 Å². The van der Waals surface area contributed by atoms with Crippen LogP contribution in [0.5, 0.6) is 0 Å². The first-order chi connectivity index (χ1) is 7.36. The minimum Gasteiger partial charge on any atom is -0.352 e. The summed E-state index contributed by atoms with van der Waals surface area (Å²) in [6.45, 7) is 6.74. The van der Waals surface area contributed by atoms with Gasteiger partial charge in [0.2, 0.25) is 0 Å². The van der Waals surface area contributed by atoms with Gasteiger partial charge in [-0.25, -0.2) is 4.98 Å². The average Bonchev–Trinajstić information content (AvgIpc) is 2.71. The van der Waals surface area contributed by atoms with Crippen LogP contribution in [0.4, 0.5) is 0 Å². The summed E-state index contributed by atoms with van der Waals surface area (Å²) in [7, 11) is 0. The summed E-state index contributed by atoms with van der Waals surface area (Å²) in [4.78, 5) is 4.18. The first-order valence-electron chi connectivity index (χ1n) is 5.19. The molecule has 0 aliphatic rings. The van der Waals surface area contributed by atoms with Crippen LogP contribution >= 0.6 is 11.3 Å². The van der Waals surface area contributed by atoms with Gasteiger partial charge in [-0.3, -0.25) is 0 Å². The van der Waals surface area contributed by atoms with Gasteiger partial charge in [0.25, 0.3) is 0 Å². The summed E-state index contributed by atoms with van der Waals surface area (Å²) < 4.78 is 10.8. The lowest BCUT2D eigenvalue weighted by Crippen LogP contribution is -2.31. The Morgan fingerprint density at radius 2 is 2.13 bits per heavy atom. The third-order valence-corrected chi connectivity index (χ3v) is 2.56. The van der Waals surface area contributed by atoms with Crippen LogP contribution < -0.4 is 5.32 Å². The normalized spacial score (nSPS) is 11.1. The monoisotopic (exact) mass is 230 g/mol. The first kappa shape index (κ1) is 12.6. The SMILES string of the molecule is CCOC(CNCc1nccs1)OCC. The number of aromatic nitrogens is 1. The quantitative estimate of drug-likeness (QED) is 0.689. The highest BCUT2D eigenvalue weighted by molar-refractivity contribution is 7.09. The second kappa shape index (κ2) is 7.76. The average molecular weight is 230 g/mol. The largest absolute Gasteiger partial charge is 0.352 e. The van der Waals surface area contributed by atoms with Crippen LogP contribution in [-0.4, -0.2) is 31.0 Å². The summed E-state index contributed by atoms with van der Waals surface area (Å²) in [6.07, 6.45) is 1.66. The molecule has 1 aromatic rings. The zero-order valence-electron chi connectivity index (χ0n) is 9.23. The molecule has 0 saturated heterocycles. The molecule has 0 atom stereocenters. The van der Waals surface area contributed by atoms with E-state index in [4.69, 9.17) is 9.47 Å². The van der Waals surface area contributed by atoms with E-state index in [0.29, 0.717) is 19.8 Å². The molecule has 0 amide bonds. The van der Waals surface area contributed by atoms with E-state index in [1.165, 1.54) is 0 Å². The standard InChI is InChI=1S/C10H18N2O2S/c1-3-13-10(14-4-2)8-11-7-9-12-5-6-15-9/h5-6,10-11H,3-4,7-8H2,1-2H3. The van der Waals surface area contributed by atoms with Gasteiger partial charge in [-0.15, -0.1) is 11.3 Å². The predicted octanol–water partition coefficient (Wildman–Crippen LogP) is 1.63. The predicted molar refractivity (Wildman–Crippen MR) is 60.9 cm³/mol. The fourth-order valence-electron chi connectivity index (χ4n) is 1.17. The highest BCUT2D eigenvalue weighted by atomic mass is 32.1. The molecule has 1 rings (SSSR count). The van der Waals surface area contributed by atoms with Crippen LogP contribution in [-0.2, 0) is 16.0 Å². The van der Waals surface area contributed by atoms with Crippen LogP contribution in [0.3, 0.4) is 0 Å². The molecule has 15 heavy (non-hydrogen) atoms. The Balaban J connectivity index is 2.15. The summed E-state index contributed by atoms with van der Waals surface area (Å²) in [6, 6.07) is 0. The Bertz CT molecular complexity index is 236. The van der Waals surface area contributed by atoms with Crippen LogP contribution in [0.2, 0.25) is 0 Å². The fourth-order valence-corrected chi connectivity index (χ4v) is 1.76. The molecule has 0 aromatic carbocycles. The van der Waals surface area contributed by atoms with E-state index in [1.807, 2.05) is 25.4 Å². The van der Waals surface area contributed by atoms with E-state index in [0.717, 1.165) is 11.6 Å². The van der Waals surface area contributed by atoms with Crippen molar-refractivity contribution in [2.24, 2.45) is 0 Å². The molecule has 0 radical (unpaired) electrons.